The molecule has 0 bridgehead atoms. The van der Waals surface area contributed by atoms with Crippen molar-refractivity contribution in [1.82, 2.24) is 5.32 Å². The van der Waals surface area contributed by atoms with Crippen molar-refractivity contribution < 1.29 is 19.1 Å². The molecule has 0 aromatic carbocycles. The highest BCUT2D eigenvalue weighted by molar-refractivity contribution is 9.10. The summed E-state index contributed by atoms with van der Waals surface area (Å²) in [5.74, 6) is -1.37. The summed E-state index contributed by atoms with van der Waals surface area (Å²) in [6.07, 6.45) is 6.01. The van der Waals surface area contributed by atoms with E-state index in [1.807, 2.05) is 0 Å². The van der Waals surface area contributed by atoms with Crippen molar-refractivity contribution in [2.24, 2.45) is 0 Å². The molecule has 1 aliphatic carbocycles. The van der Waals surface area contributed by atoms with Crippen LogP contribution in [0.5, 0.6) is 0 Å². The number of carbonyl (C=O) groups is 2. The monoisotopic (exact) mass is 329 g/mol. The maximum atomic E-state index is 12.2. The molecule has 0 aliphatic heterocycles. The zero-order valence-electron chi connectivity index (χ0n) is 10.4. The van der Waals surface area contributed by atoms with Gasteiger partial charge < -0.3 is 14.8 Å². The first-order valence-electron chi connectivity index (χ1n) is 6.34. The fraction of sp³-hybridized carbons (Fsp3) is 0.538. The van der Waals surface area contributed by atoms with E-state index in [9.17, 15) is 14.7 Å². The molecular weight excluding hydrogens is 314 g/mol. The SMILES string of the molecule is O=C(NC1(C(=O)O)CCCCCC1)c1ccoc1Br. The summed E-state index contributed by atoms with van der Waals surface area (Å²) >= 11 is 3.13. The molecule has 104 valence electrons. The molecule has 19 heavy (non-hydrogen) atoms. The van der Waals surface area contributed by atoms with Gasteiger partial charge in [-0.15, -0.1) is 0 Å². The third-order valence-electron chi connectivity index (χ3n) is 3.58. The molecule has 0 atom stereocenters. The van der Waals surface area contributed by atoms with Gasteiger partial charge >= 0.3 is 5.97 Å². The summed E-state index contributed by atoms with van der Waals surface area (Å²) in [6, 6.07) is 1.52. The first-order chi connectivity index (χ1) is 9.05. The Labute approximate surface area is 119 Å². The molecule has 1 heterocycles. The maximum Gasteiger partial charge on any atom is 0.329 e. The summed E-state index contributed by atoms with van der Waals surface area (Å²) in [7, 11) is 0. The Balaban J connectivity index is 2.19. The van der Waals surface area contributed by atoms with Gasteiger partial charge in [-0.1, -0.05) is 25.7 Å². The van der Waals surface area contributed by atoms with E-state index in [1.165, 1.54) is 12.3 Å². The molecule has 0 radical (unpaired) electrons. The average Bonchev–Trinajstić information content (AvgIpc) is 2.64. The summed E-state index contributed by atoms with van der Waals surface area (Å²) in [6.45, 7) is 0. The molecule has 5 nitrogen and oxygen atoms in total. The van der Waals surface area contributed by atoms with E-state index in [0.717, 1.165) is 25.7 Å². The minimum absolute atomic E-state index is 0.319. The predicted octanol–water partition coefficient (Wildman–Crippen LogP) is 2.95. The van der Waals surface area contributed by atoms with Crippen LogP contribution in [0.4, 0.5) is 0 Å². The number of rotatable bonds is 3. The molecule has 1 aliphatic rings. The second kappa shape index (κ2) is 5.77. The van der Waals surface area contributed by atoms with Crippen LogP contribution in [0.25, 0.3) is 0 Å². The Hall–Kier alpha value is -1.30. The molecule has 1 saturated carbocycles. The zero-order valence-corrected chi connectivity index (χ0v) is 12.0. The van der Waals surface area contributed by atoms with Crippen LogP contribution in [0, 0.1) is 0 Å². The molecule has 2 N–H and O–H groups in total. The van der Waals surface area contributed by atoms with E-state index in [2.05, 4.69) is 21.2 Å². The van der Waals surface area contributed by atoms with E-state index in [1.54, 1.807) is 0 Å². The number of carbonyl (C=O) groups excluding carboxylic acids is 1. The Kier molecular flexibility index (Phi) is 4.29. The van der Waals surface area contributed by atoms with E-state index >= 15 is 0 Å². The Bertz CT molecular complexity index is 475. The zero-order chi connectivity index (χ0) is 13.9. The van der Waals surface area contributed by atoms with Crippen LogP contribution in [-0.2, 0) is 4.79 Å². The van der Waals surface area contributed by atoms with Gasteiger partial charge in [0, 0.05) is 0 Å². The van der Waals surface area contributed by atoms with E-state index in [0.29, 0.717) is 23.1 Å². The van der Waals surface area contributed by atoms with Gasteiger partial charge in [0.05, 0.1) is 11.8 Å². The van der Waals surface area contributed by atoms with Gasteiger partial charge in [-0.2, -0.15) is 0 Å². The summed E-state index contributed by atoms with van der Waals surface area (Å²) < 4.78 is 5.32. The van der Waals surface area contributed by atoms with Crippen LogP contribution in [0.3, 0.4) is 0 Å². The van der Waals surface area contributed by atoms with Crippen LogP contribution in [0.15, 0.2) is 21.4 Å². The van der Waals surface area contributed by atoms with Crippen LogP contribution in [-0.4, -0.2) is 22.5 Å². The van der Waals surface area contributed by atoms with E-state index < -0.39 is 17.4 Å². The number of nitrogens with one attached hydrogen (secondary N) is 1. The largest absolute Gasteiger partial charge is 0.480 e. The number of carboxylic acids is 1. The standard InChI is InChI=1S/C13H16BrNO4/c14-10-9(5-8-19-10)11(16)15-13(12(17)18)6-3-1-2-4-7-13/h5,8H,1-4,6-7H2,(H,15,16)(H,17,18). The number of aliphatic carboxylic acids is 1. The van der Waals surface area contributed by atoms with Gasteiger partial charge in [0.25, 0.3) is 5.91 Å². The third kappa shape index (κ3) is 3.00. The van der Waals surface area contributed by atoms with Crippen molar-refractivity contribution in [3.63, 3.8) is 0 Å². The molecule has 1 fully saturated rings. The number of furan rings is 1. The predicted molar refractivity (Wildman–Crippen MR) is 71.9 cm³/mol. The van der Waals surface area contributed by atoms with E-state index in [4.69, 9.17) is 4.42 Å². The quantitative estimate of drug-likeness (QED) is 0.835. The maximum absolute atomic E-state index is 12.2. The van der Waals surface area contributed by atoms with Crippen molar-refractivity contribution in [2.45, 2.75) is 44.1 Å². The molecule has 0 spiro atoms. The second-order valence-electron chi connectivity index (χ2n) is 4.86. The Morgan fingerprint density at radius 3 is 2.37 bits per heavy atom. The summed E-state index contributed by atoms with van der Waals surface area (Å²) in [4.78, 5) is 23.7. The minimum Gasteiger partial charge on any atom is -0.480 e. The highest BCUT2D eigenvalue weighted by Gasteiger charge is 2.40. The number of hydrogen-bond donors (Lipinski definition) is 2. The average molecular weight is 330 g/mol. The van der Waals surface area contributed by atoms with E-state index in [-0.39, 0.29) is 0 Å². The van der Waals surface area contributed by atoms with Crippen molar-refractivity contribution >= 4 is 27.8 Å². The van der Waals surface area contributed by atoms with Crippen molar-refractivity contribution in [1.29, 1.82) is 0 Å². The lowest BCUT2D eigenvalue weighted by molar-refractivity contribution is -0.145. The van der Waals surface area contributed by atoms with Gasteiger partial charge in [0.2, 0.25) is 0 Å². The van der Waals surface area contributed by atoms with Crippen LogP contribution in [0.2, 0.25) is 0 Å². The number of carboxylic acid groups (broad SMARTS) is 1. The molecule has 1 aromatic rings. The van der Waals surface area contributed by atoms with Gasteiger partial charge in [-0.3, -0.25) is 4.79 Å². The van der Waals surface area contributed by atoms with Gasteiger partial charge in [0.1, 0.15) is 5.54 Å². The lowest BCUT2D eigenvalue weighted by Crippen LogP contribution is -2.54. The third-order valence-corrected chi connectivity index (χ3v) is 4.20. The summed E-state index contributed by atoms with van der Waals surface area (Å²) in [5.41, 5.74) is -0.825. The number of hydrogen-bond acceptors (Lipinski definition) is 3. The molecular formula is C13H16BrNO4. The molecule has 1 amide bonds. The first kappa shape index (κ1) is 14.1. The van der Waals surface area contributed by atoms with Crippen LogP contribution >= 0.6 is 15.9 Å². The topological polar surface area (TPSA) is 79.5 Å². The molecule has 0 saturated heterocycles. The normalized spacial score (nSPS) is 18.6. The Morgan fingerprint density at radius 2 is 1.89 bits per heavy atom. The smallest absolute Gasteiger partial charge is 0.329 e. The molecule has 0 unspecified atom stereocenters. The highest BCUT2D eigenvalue weighted by Crippen LogP contribution is 2.28. The lowest BCUT2D eigenvalue weighted by Gasteiger charge is -2.29. The first-order valence-corrected chi connectivity index (χ1v) is 7.13. The number of amides is 1. The molecule has 2 rings (SSSR count). The summed E-state index contributed by atoms with van der Waals surface area (Å²) in [5, 5.41) is 12.2. The fourth-order valence-electron chi connectivity index (χ4n) is 2.46. The van der Waals surface area contributed by atoms with Crippen molar-refractivity contribution in [3.05, 3.63) is 22.6 Å². The molecule has 1 aromatic heterocycles. The highest BCUT2D eigenvalue weighted by atomic mass is 79.9. The Morgan fingerprint density at radius 1 is 1.26 bits per heavy atom. The van der Waals surface area contributed by atoms with Gasteiger partial charge in [-0.05, 0) is 34.8 Å². The van der Waals surface area contributed by atoms with Gasteiger partial charge in [0.15, 0.2) is 4.67 Å². The minimum atomic E-state index is -1.15. The second-order valence-corrected chi connectivity index (χ2v) is 5.58. The van der Waals surface area contributed by atoms with Crippen LogP contribution in [0.1, 0.15) is 48.9 Å². The van der Waals surface area contributed by atoms with Crippen molar-refractivity contribution in [3.8, 4) is 0 Å². The number of halogens is 1. The van der Waals surface area contributed by atoms with Crippen LogP contribution < -0.4 is 5.32 Å². The lowest BCUT2D eigenvalue weighted by atomic mass is 9.90. The van der Waals surface area contributed by atoms with Crippen molar-refractivity contribution in [2.75, 3.05) is 0 Å². The molecule has 6 heteroatoms. The van der Waals surface area contributed by atoms with Gasteiger partial charge in [-0.25, -0.2) is 4.79 Å². The fourth-order valence-corrected chi connectivity index (χ4v) is 2.88.